The van der Waals surface area contributed by atoms with Crippen molar-refractivity contribution >= 4 is 41.9 Å². The molecule has 0 aromatic rings. The van der Waals surface area contributed by atoms with Gasteiger partial charge < -0.3 is 26.1 Å². The van der Waals surface area contributed by atoms with E-state index in [1.165, 1.54) is 0 Å². The summed E-state index contributed by atoms with van der Waals surface area (Å²) >= 11 is 0. The second kappa shape index (κ2) is 9.85. The Labute approximate surface area is 96.7 Å². The second-order valence-corrected chi connectivity index (χ2v) is 0.789. The average molecular weight is 339 g/mol. The molecule has 2 radical (unpaired) electrons. The Hall–Kier alpha value is 1.85. The maximum atomic E-state index is 7.74. The molecular formula is H7B2NaO5Pb. The van der Waals surface area contributed by atoms with Crippen molar-refractivity contribution < 1.29 is 55.7 Å². The van der Waals surface area contributed by atoms with Crippen molar-refractivity contribution in [2.24, 2.45) is 0 Å². The Kier molecular flexibility index (Phi) is 18.7. The summed E-state index contributed by atoms with van der Waals surface area (Å²) in [6, 6.07) is 0. The third-order valence-electron chi connectivity index (χ3n) is 0.243. The van der Waals surface area contributed by atoms with Gasteiger partial charge in [-0.25, -0.2) is 0 Å². The van der Waals surface area contributed by atoms with E-state index in [1.54, 1.807) is 0 Å². The van der Waals surface area contributed by atoms with Gasteiger partial charge in [0.1, 0.15) is 0 Å². The minimum atomic E-state index is -2.13. The summed E-state index contributed by atoms with van der Waals surface area (Å²) in [4.78, 5) is 0. The van der Waals surface area contributed by atoms with Crippen LogP contribution in [0, 0.1) is 0 Å². The molecule has 0 rings (SSSR count). The molecule has 0 heterocycles. The molecule has 0 spiro atoms. The van der Waals surface area contributed by atoms with E-state index >= 15 is 0 Å². The first kappa shape index (κ1) is 17.1. The van der Waals surface area contributed by atoms with Crippen LogP contribution >= 0.6 is 0 Å². The summed E-state index contributed by atoms with van der Waals surface area (Å²) in [6.07, 6.45) is 0. The zero-order valence-electron chi connectivity index (χ0n) is 6.06. The van der Waals surface area contributed by atoms with Gasteiger partial charge in [-0.1, -0.05) is 0 Å². The Bertz CT molecular complexity index is 48.9. The van der Waals surface area contributed by atoms with Crippen LogP contribution in [-0.4, -0.2) is 62.0 Å². The molecule has 0 aliphatic carbocycles. The Morgan fingerprint density at radius 3 is 1.22 bits per heavy atom. The number of hydrogen-bond donors (Lipinski definition) is 4. The SMILES string of the molecule is OB(O)OB(O)O.[H-].[Na+].[PbH2]. The second-order valence-electron chi connectivity index (χ2n) is 0.789. The molecule has 0 aromatic heterocycles. The standard InChI is InChI=1S/B2H4O5.Na.Pb.3H/c3-1(4)7-2(5)6;;;;;/h3-6H;;;;;/q;+1;;;;-1. The molecule has 0 unspecified atom stereocenters. The summed E-state index contributed by atoms with van der Waals surface area (Å²) in [7, 11) is -4.25. The molecule has 5 nitrogen and oxygen atoms in total. The topological polar surface area (TPSA) is 90.2 Å². The van der Waals surface area contributed by atoms with Crippen molar-refractivity contribution in [3.63, 3.8) is 0 Å². The molecule has 0 aliphatic heterocycles. The fraction of sp³-hybridized carbons (Fsp3) is 0. The molecule has 0 bridgehead atoms. The number of rotatable bonds is 2. The molecule has 0 aromatic carbocycles. The fourth-order valence-electron chi connectivity index (χ4n) is 0.109. The molecule has 0 saturated heterocycles. The zero-order chi connectivity index (χ0) is 5.86. The Balaban J connectivity index is -0.0000000600. The van der Waals surface area contributed by atoms with Crippen molar-refractivity contribution in [1.82, 2.24) is 0 Å². The first-order chi connectivity index (χ1) is 3.13. The van der Waals surface area contributed by atoms with Gasteiger partial charge >= 0.3 is 71.5 Å². The van der Waals surface area contributed by atoms with E-state index in [0.29, 0.717) is 0 Å². The fourth-order valence-corrected chi connectivity index (χ4v) is 0.109. The van der Waals surface area contributed by atoms with E-state index in [2.05, 4.69) is 4.57 Å². The van der Waals surface area contributed by atoms with Crippen molar-refractivity contribution in [2.75, 3.05) is 0 Å². The van der Waals surface area contributed by atoms with Crippen LogP contribution in [0.3, 0.4) is 0 Å². The van der Waals surface area contributed by atoms with Crippen molar-refractivity contribution in [1.29, 1.82) is 0 Å². The van der Waals surface area contributed by atoms with E-state index in [0.717, 1.165) is 0 Å². The minimum absolute atomic E-state index is 0. The van der Waals surface area contributed by atoms with Crippen LogP contribution in [0.2, 0.25) is 0 Å². The van der Waals surface area contributed by atoms with Crippen LogP contribution in [0.1, 0.15) is 1.43 Å². The van der Waals surface area contributed by atoms with Gasteiger partial charge in [0, 0.05) is 0 Å². The summed E-state index contributed by atoms with van der Waals surface area (Å²) in [5.41, 5.74) is 0. The van der Waals surface area contributed by atoms with Crippen LogP contribution in [0.25, 0.3) is 0 Å². The Morgan fingerprint density at radius 2 is 1.22 bits per heavy atom. The predicted octanol–water partition coefficient (Wildman–Crippen LogP) is -6.86. The van der Waals surface area contributed by atoms with Crippen LogP contribution in [0.4, 0.5) is 0 Å². The predicted molar refractivity (Wildman–Crippen MR) is 31.1 cm³/mol. The van der Waals surface area contributed by atoms with Gasteiger partial charge in [0.2, 0.25) is 0 Å². The number of hydrogen-bond acceptors (Lipinski definition) is 5. The third kappa shape index (κ3) is 17.7. The summed E-state index contributed by atoms with van der Waals surface area (Å²) < 4.78 is 3.47. The summed E-state index contributed by atoms with van der Waals surface area (Å²) in [6.45, 7) is 0. The van der Waals surface area contributed by atoms with Gasteiger partial charge in [-0.05, 0) is 0 Å². The van der Waals surface area contributed by atoms with Gasteiger partial charge in [-0.2, -0.15) is 0 Å². The molecule has 9 heteroatoms. The van der Waals surface area contributed by atoms with Crippen LogP contribution in [0.5, 0.6) is 0 Å². The first-order valence-electron chi connectivity index (χ1n) is 1.50. The van der Waals surface area contributed by atoms with Crippen molar-refractivity contribution in [2.45, 2.75) is 0 Å². The molecule has 0 aliphatic rings. The van der Waals surface area contributed by atoms with Crippen molar-refractivity contribution in [3.8, 4) is 0 Å². The van der Waals surface area contributed by atoms with Gasteiger partial charge in [0.25, 0.3) is 0 Å². The quantitative estimate of drug-likeness (QED) is 0.376. The van der Waals surface area contributed by atoms with Gasteiger partial charge in [-0.3, -0.25) is 0 Å². The van der Waals surface area contributed by atoms with Gasteiger partial charge in [-0.15, -0.1) is 0 Å². The average Bonchev–Trinajstić information content (AvgIpc) is 1.27. The van der Waals surface area contributed by atoms with Gasteiger partial charge in [0.05, 0.1) is 0 Å². The van der Waals surface area contributed by atoms with E-state index < -0.39 is 14.6 Å². The molecule has 48 valence electrons. The van der Waals surface area contributed by atoms with Crippen LogP contribution < -0.4 is 29.6 Å². The van der Waals surface area contributed by atoms with E-state index in [1.807, 2.05) is 0 Å². The van der Waals surface area contributed by atoms with E-state index in [4.69, 9.17) is 20.1 Å². The maximum absolute atomic E-state index is 7.74. The van der Waals surface area contributed by atoms with Crippen molar-refractivity contribution in [3.05, 3.63) is 0 Å². The monoisotopic (exact) mass is 340 g/mol. The molecule has 0 fully saturated rings. The first-order valence-corrected chi connectivity index (χ1v) is 1.50. The van der Waals surface area contributed by atoms with E-state index in [-0.39, 0.29) is 58.3 Å². The zero-order valence-corrected chi connectivity index (χ0v) is 12.6. The van der Waals surface area contributed by atoms with Crippen LogP contribution in [-0.2, 0) is 4.57 Å². The normalized spacial score (nSPS) is 6.67. The molecule has 0 amide bonds. The van der Waals surface area contributed by atoms with E-state index in [9.17, 15) is 0 Å². The molecule has 9 heavy (non-hydrogen) atoms. The molecule has 0 atom stereocenters. The Morgan fingerprint density at radius 1 is 1.00 bits per heavy atom. The summed E-state index contributed by atoms with van der Waals surface area (Å²) in [5, 5.41) is 30.9. The third-order valence-corrected chi connectivity index (χ3v) is 0.243. The summed E-state index contributed by atoms with van der Waals surface area (Å²) in [5.74, 6) is 0. The molecule has 0 saturated carbocycles. The molecular weight excluding hydrogens is 332 g/mol. The molecule has 4 N–H and O–H groups in total. The van der Waals surface area contributed by atoms with Crippen LogP contribution in [0.15, 0.2) is 0 Å². The van der Waals surface area contributed by atoms with Gasteiger partial charge in [0.15, 0.2) is 0 Å².